The monoisotopic (exact) mass is 268 g/mol. The summed E-state index contributed by atoms with van der Waals surface area (Å²) in [7, 11) is 0. The van der Waals surface area contributed by atoms with Crippen LogP contribution >= 0.6 is 0 Å². The second-order valence-electron chi connectivity index (χ2n) is 7.25. The molecule has 0 spiro atoms. The van der Waals surface area contributed by atoms with E-state index in [-0.39, 0.29) is 6.09 Å². The summed E-state index contributed by atoms with van der Waals surface area (Å²) in [6.45, 7) is 9.65. The molecule has 0 aromatic heterocycles. The van der Waals surface area contributed by atoms with Crippen molar-refractivity contribution in [2.45, 2.75) is 58.6 Å². The first-order valence-corrected chi connectivity index (χ1v) is 7.51. The topological polar surface area (TPSA) is 55.6 Å². The predicted octanol–water partition coefficient (Wildman–Crippen LogP) is 2.62. The minimum Gasteiger partial charge on any atom is -0.444 e. The van der Waals surface area contributed by atoms with Gasteiger partial charge in [-0.3, -0.25) is 0 Å². The highest BCUT2D eigenvalue weighted by molar-refractivity contribution is 5.69. The number of carbonyl (C=O) groups excluding carboxylic acids is 1. The molecule has 0 bridgehead atoms. The minimum atomic E-state index is -0.395. The van der Waals surface area contributed by atoms with Crippen LogP contribution in [0.25, 0.3) is 0 Å². The van der Waals surface area contributed by atoms with Gasteiger partial charge in [0.15, 0.2) is 0 Å². The first-order valence-electron chi connectivity index (χ1n) is 7.51. The van der Waals surface area contributed by atoms with Crippen LogP contribution in [0.2, 0.25) is 0 Å². The van der Waals surface area contributed by atoms with E-state index in [9.17, 15) is 4.79 Å². The number of ether oxygens (including phenoxy) is 1. The van der Waals surface area contributed by atoms with Gasteiger partial charge in [-0.15, -0.1) is 0 Å². The number of nitrogens with two attached hydrogens (primary N) is 1. The summed E-state index contributed by atoms with van der Waals surface area (Å²) in [5, 5.41) is 0. The van der Waals surface area contributed by atoms with Gasteiger partial charge in [0, 0.05) is 12.6 Å². The van der Waals surface area contributed by atoms with Crippen LogP contribution in [0.15, 0.2) is 0 Å². The summed E-state index contributed by atoms with van der Waals surface area (Å²) in [4.78, 5) is 14.0. The highest BCUT2D eigenvalue weighted by Gasteiger charge is 2.47. The van der Waals surface area contributed by atoms with Crippen molar-refractivity contribution in [3.63, 3.8) is 0 Å². The highest BCUT2D eigenvalue weighted by atomic mass is 16.6. The van der Waals surface area contributed by atoms with Gasteiger partial charge in [0.2, 0.25) is 0 Å². The number of hydrogen-bond donors (Lipinski definition) is 1. The Balaban J connectivity index is 1.85. The third kappa shape index (κ3) is 3.22. The lowest BCUT2D eigenvalue weighted by molar-refractivity contribution is -0.0553. The molecular weight excluding hydrogens is 240 g/mol. The molecule has 4 atom stereocenters. The highest BCUT2D eigenvalue weighted by Crippen LogP contribution is 2.42. The Morgan fingerprint density at radius 1 is 1.42 bits per heavy atom. The lowest BCUT2D eigenvalue weighted by Crippen LogP contribution is -2.61. The van der Waals surface area contributed by atoms with Gasteiger partial charge in [-0.2, -0.15) is 0 Å². The lowest BCUT2D eigenvalue weighted by atomic mass is 9.69. The van der Waals surface area contributed by atoms with Gasteiger partial charge in [0.25, 0.3) is 0 Å². The van der Waals surface area contributed by atoms with Crippen LogP contribution in [0.4, 0.5) is 4.79 Å². The summed E-state index contributed by atoms with van der Waals surface area (Å²) in [5.41, 5.74) is 5.37. The van der Waals surface area contributed by atoms with E-state index in [0.29, 0.717) is 17.9 Å². The molecule has 1 saturated heterocycles. The van der Waals surface area contributed by atoms with E-state index in [1.807, 2.05) is 25.7 Å². The van der Waals surface area contributed by atoms with Gasteiger partial charge in [-0.05, 0) is 64.3 Å². The number of likely N-dealkylation sites (tertiary alicyclic amines) is 1. The van der Waals surface area contributed by atoms with E-state index < -0.39 is 5.60 Å². The molecule has 0 radical (unpaired) electrons. The number of amides is 1. The van der Waals surface area contributed by atoms with Crippen LogP contribution in [0.3, 0.4) is 0 Å². The normalized spacial score (nSPS) is 32.3. The van der Waals surface area contributed by atoms with E-state index in [1.165, 1.54) is 12.8 Å². The van der Waals surface area contributed by atoms with Gasteiger partial charge in [-0.25, -0.2) is 4.79 Å². The summed E-state index contributed by atoms with van der Waals surface area (Å²) >= 11 is 0. The van der Waals surface area contributed by atoms with Gasteiger partial charge < -0.3 is 15.4 Å². The number of fused-ring (bicyclic) bond motifs is 1. The summed E-state index contributed by atoms with van der Waals surface area (Å²) in [6.07, 6.45) is 3.39. The van der Waals surface area contributed by atoms with Crippen LogP contribution in [0.5, 0.6) is 0 Å². The minimum absolute atomic E-state index is 0.140. The molecule has 2 aliphatic rings. The molecule has 2 fully saturated rings. The van der Waals surface area contributed by atoms with E-state index in [1.54, 1.807) is 0 Å². The van der Waals surface area contributed by atoms with Crippen LogP contribution < -0.4 is 5.73 Å². The van der Waals surface area contributed by atoms with Crippen molar-refractivity contribution >= 4 is 6.09 Å². The van der Waals surface area contributed by atoms with Crippen molar-refractivity contribution in [3.05, 3.63) is 0 Å². The van der Waals surface area contributed by atoms with E-state index in [0.717, 1.165) is 25.4 Å². The van der Waals surface area contributed by atoms with Crippen molar-refractivity contribution in [1.29, 1.82) is 0 Å². The van der Waals surface area contributed by atoms with Gasteiger partial charge in [0.05, 0.1) is 0 Å². The number of rotatable bonds is 2. The molecule has 2 rings (SSSR count). The maximum Gasteiger partial charge on any atom is 0.410 e. The molecule has 1 saturated carbocycles. The summed E-state index contributed by atoms with van der Waals surface area (Å²) in [6, 6.07) is 0.413. The molecule has 0 aromatic carbocycles. The Morgan fingerprint density at radius 3 is 2.63 bits per heavy atom. The third-order valence-corrected chi connectivity index (χ3v) is 4.62. The third-order valence-electron chi connectivity index (χ3n) is 4.62. The van der Waals surface area contributed by atoms with Crippen LogP contribution in [0, 0.1) is 17.8 Å². The average molecular weight is 268 g/mol. The van der Waals surface area contributed by atoms with E-state index >= 15 is 0 Å². The first-order chi connectivity index (χ1) is 8.81. The van der Waals surface area contributed by atoms with Crippen molar-refractivity contribution in [2.24, 2.45) is 23.5 Å². The fourth-order valence-electron chi connectivity index (χ4n) is 3.38. The Morgan fingerprint density at radius 2 is 2.11 bits per heavy atom. The van der Waals surface area contributed by atoms with Crippen LogP contribution in [-0.2, 0) is 4.74 Å². The van der Waals surface area contributed by atoms with Crippen molar-refractivity contribution in [3.8, 4) is 0 Å². The van der Waals surface area contributed by atoms with Gasteiger partial charge in [-0.1, -0.05) is 6.92 Å². The Kier molecular flexibility index (Phi) is 4.09. The molecule has 0 aromatic rings. The first kappa shape index (κ1) is 14.6. The molecular formula is C15H28N2O2. The molecule has 1 amide bonds. The Hall–Kier alpha value is -0.770. The number of hydrogen-bond acceptors (Lipinski definition) is 3. The van der Waals surface area contributed by atoms with Crippen molar-refractivity contribution in [2.75, 3.05) is 13.1 Å². The van der Waals surface area contributed by atoms with Crippen molar-refractivity contribution < 1.29 is 9.53 Å². The quantitative estimate of drug-likeness (QED) is 0.837. The molecule has 4 nitrogen and oxygen atoms in total. The zero-order valence-corrected chi connectivity index (χ0v) is 12.7. The summed E-state index contributed by atoms with van der Waals surface area (Å²) in [5.74, 6) is 2.02. The van der Waals surface area contributed by atoms with E-state index in [2.05, 4.69) is 6.92 Å². The van der Waals surface area contributed by atoms with E-state index in [4.69, 9.17) is 10.5 Å². The average Bonchev–Trinajstić information content (AvgIpc) is 2.27. The van der Waals surface area contributed by atoms with Gasteiger partial charge in [0.1, 0.15) is 5.60 Å². The number of carbonyl (C=O) groups is 1. The molecule has 19 heavy (non-hydrogen) atoms. The zero-order valence-electron chi connectivity index (χ0n) is 12.7. The number of nitrogens with zero attached hydrogens (tertiary/aromatic N) is 1. The maximum absolute atomic E-state index is 12.1. The molecule has 4 heteroatoms. The fourth-order valence-corrected chi connectivity index (χ4v) is 3.38. The molecule has 3 unspecified atom stereocenters. The molecule has 1 heterocycles. The Bertz CT molecular complexity index is 338. The SMILES string of the molecule is C[C@@H](CN)C1CCC2C(C1)CN2C(=O)OC(C)(C)C. The Labute approximate surface area is 116 Å². The fraction of sp³-hybridized carbons (Fsp3) is 0.933. The summed E-state index contributed by atoms with van der Waals surface area (Å²) < 4.78 is 5.45. The van der Waals surface area contributed by atoms with Crippen molar-refractivity contribution in [1.82, 2.24) is 4.90 Å². The molecule has 1 aliphatic carbocycles. The zero-order chi connectivity index (χ0) is 14.2. The largest absolute Gasteiger partial charge is 0.444 e. The molecule has 110 valence electrons. The maximum atomic E-state index is 12.1. The standard InChI is InChI=1S/C15H28N2O2/c1-10(8-16)11-5-6-13-12(7-11)9-17(13)14(18)19-15(2,3)4/h10-13H,5-9,16H2,1-4H3/t10-,11?,12?,13?/m0/s1. The molecule has 2 N–H and O–H groups in total. The van der Waals surface area contributed by atoms with Gasteiger partial charge >= 0.3 is 6.09 Å². The second-order valence-corrected chi connectivity index (χ2v) is 7.25. The predicted molar refractivity (Wildman–Crippen MR) is 75.8 cm³/mol. The van der Waals surface area contributed by atoms with Crippen LogP contribution in [-0.4, -0.2) is 35.7 Å². The molecule has 1 aliphatic heterocycles. The van der Waals surface area contributed by atoms with Crippen LogP contribution in [0.1, 0.15) is 47.0 Å². The smallest absolute Gasteiger partial charge is 0.410 e. The lowest BCUT2D eigenvalue weighted by Gasteiger charge is -2.53. The second kappa shape index (κ2) is 5.31.